The lowest BCUT2D eigenvalue weighted by Gasteiger charge is -2.31. The molecule has 0 radical (unpaired) electrons. The Morgan fingerprint density at radius 1 is 1.36 bits per heavy atom. The van der Waals surface area contributed by atoms with Crippen LogP contribution in [-0.2, 0) is 9.84 Å². The summed E-state index contributed by atoms with van der Waals surface area (Å²) in [5.41, 5.74) is 0. The van der Waals surface area contributed by atoms with E-state index in [1.807, 2.05) is 0 Å². The molecule has 0 N–H and O–H groups in total. The highest BCUT2D eigenvalue weighted by Crippen LogP contribution is 2.28. The predicted molar refractivity (Wildman–Crippen MR) is 80.6 cm³/mol. The highest BCUT2D eigenvalue weighted by Gasteiger charge is 2.26. The molecule has 0 spiro atoms. The van der Waals surface area contributed by atoms with Crippen molar-refractivity contribution >= 4 is 15.7 Å². The van der Waals surface area contributed by atoms with E-state index >= 15 is 0 Å². The molecule has 22 heavy (non-hydrogen) atoms. The van der Waals surface area contributed by atoms with Gasteiger partial charge < -0.3 is 9.42 Å². The Morgan fingerprint density at radius 2 is 2.18 bits per heavy atom. The lowest BCUT2D eigenvalue weighted by molar-refractivity contribution is 0.331. The van der Waals surface area contributed by atoms with Crippen LogP contribution < -0.4 is 4.90 Å². The van der Waals surface area contributed by atoms with Gasteiger partial charge in [0.15, 0.2) is 15.7 Å². The molecule has 1 aliphatic rings. The van der Waals surface area contributed by atoms with Crippen LogP contribution in [0.1, 0.15) is 30.5 Å². The third kappa shape index (κ3) is 3.11. The van der Waals surface area contributed by atoms with E-state index in [2.05, 4.69) is 20.0 Å². The van der Waals surface area contributed by atoms with Gasteiger partial charge in [-0.05, 0) is 31.9 Å². The maximum atomic E-state index is 11.5. The van der Waals surface area contributed by atoms with Gasteiger partial charge in [-0.25, -0.2) is 13.4 Å². The van der Waals surface area contributed by atoms with E-state index in [-0.39, 0.29) is 10.8 Å². The van der Waals surface area contributed by atoms with Gasteiger partial charge in [-0.1, -0.05) is 5.16 Å². The number of nitrogens with zero attached hydrogens (tertiary/aromatic N) is 4. The Hall–Kier alpha value is -1.96. The van der Waals surface area contributed by atoms with Crippen molar-refractivity contribution in [2.75, 3.05) is 24.2 Å². The number of piperidine rings is 1. The monoisotopic (exact) mass is 322 g/mol. The van der Waals surface area contributed by atoms with Crippen LogP contribution in [0, 0.1) is 6.92 Å². The average Bonchev–Trinajstić information content (AvgIpc) is 2.93. The Morgan fingerprint density at radius 3 is 2.77 bits per heavy atom. The molecule has 0 bridgehead atoms. The summed E-state index contributed by atoms with van der Waals surface area (Å²) >= 11 is 0. The normalized spacial score (nSPS) is 19.4. The van der Waals surface area contributed by atoms with Gasteiger partial charge in [-0.15, -0.1) is 0 Å². The van der Waals surface area contributed by atoms with E-state index < -0.39 is 9.84 Å². The standard InChI is InChI=1S/C14H18N4O3S/c1-10-16-14(21-17-10)11-4-3-7-18(9-11)13-6-5-12(8-15-13)22(2,19)20/h5-6,8,11H,3-4,7,9H2,1-2H3. The summed E-state index contributed by atoms with van der Waals surface area (Å²) in [6.07, 6.45) is 4.59. The van der Waals surface area contributed by atoms with Crippen molar-refractivity contribution in [3.63, 3.8) is 0 Å². The summed E-state index contributed by atoms with van der Waals surface area (Å²) in [5.74, 6) is 2.26. The Balaban J connectivity index is 1.77. The van der Waals surface area contributed by atoms with Gasteiger partial charge in [-0.2, -0.15) is 4.98 Å². The number of hydrogen-bond donors (Lipinski definition) is 0. The highest BCUT2D eigenvalue weighted by molar-refractivity contribution is 7.90. The van der Waals surface area contributed by atoms with Crippen LogP contribution in [0.5, 0.6) is 0 Å². The molecule has 1 unspecified atom stereocenters. The van der Waals surface area contributed by atoms with Crippen molar-refractivity contribution in [2.24, 2.45) is 0 Å². The Labute approximate surface area is 129 Å². The summed E-state index contributed by atoms with van der Waals surface area (Å²) in [6, 6.07) is 3.34. The van der Waals surface area contributed by atoms with Gasteiger partial charge in [0.1, 0.15) is 5.82 Å². The molecule has 1 atom stereocenters. The first kappa shape index (κ1) is 15.0. The van der Waals surface area contributed by atoms with Crippen molar-refractivity contribution < 1.29 is 12.9 Å². The first-order valence-electron chi connectivity index (χ1n) is 7.15. The number of sulfone groups is 1. The molecule has 2 aromatic rings. The summed E-state index contributed by atoms with van der Waals surface area (Å²) in [4.78, 5) is 10.9. The fourth-order valence-electron chi connectivity index (χ4n) is 2.64. The van der Waals surface area contributed by atoms with Crippen LogP contribution in [0.15, 0.2) is 27.7 Å². The maximum absolute atomic E-state index is 11.5. The molecular formula is C14H18N4O3S. The lowest BCUT2D eigenvalue weighted by atomic mass is 9.98. The van der Waals surface area contributed by atoms with Gasteiger partial charge in [0.25, 0.3) is 0 Å². The van der Waals surface area contributed by atoms with Gasteiger partial charge in [-0.3, -0.25) is 0 Å². The molecule has 7 nitrogen and oxygen atoms in total. The van der Waals surface area contributed by atoms with Crippen LogP contribution in [0.4, 0.5) is 5.82 Å². The molecule has 0 aromatic carbocycles. The molecule has 0 aliphatic carbocycles. The third-order valence-electron chi connectivity index (χ3n) is 3.79. The van der Waals surface area contributed by atoms with Crippen LogP contribution in [0.25, 0.3) is 0 Å². The van der Waals surface area contributed by atoms with Crippen molar-refractivity contribution in [1.82, 2.24) is 15.1 Å². The summed E-state index contributed by atoms with van der Waals surface area (Å²) in [6.45, 7) is 3.43. The minimum atomic E-state index is -3.22. The van der Waals surface area contributed by atoms with Gasteiger partial charge in [0.2, 0.25) is 5.89 Å². The zero-order valence-electron chi connectivity index (χ0n) is 12.6. The molecule has 1 aliphatic heterocycles. The fourth-order valence-corrected chi connectivity index (χ4v) is 3.20. The van der Waals surface area contributed by atoms with E-state index in [1.165, 1.54) is 12.5 Å². The van der Waals surface area contributed by atoms with Crippen LogP contribution in [-0.4, -0.2) is 42.9 Å². The topological polar surface area (TPSA) is 89.2 Å². The van der Waals surface area contributed by atoms with Crippen LogP contribution >= 0.6 is 0 Å². The molecule has 3 rings (SSSR count). The van der Waals surface area contributed by atoms with Crippen molar-refractivity contribution in [2.45, 2.75) is 30.6 Å². The molecule has 2 aromatic heterocycles. The molecular weight excluding hydrogens is 304 g/mol. The Kier molecular flexibility index (Phi) is 3.86. The van der Waals surface area contributed by atoms with Gasteiger partial charge in [0, 0.05) is 25.5 Å². The number of anilines is 1. The van der Waals surface area contributed by atoms with Crippen molar-refractivity contribution in [1.29, 1.82) is 0 Å². The number of hydrogen-bond acceptors (Lipinski definition) is 7. The van der Waals surface area contributed by atoms with E-state index in [0.717, 1.165) is 31.7 Å². The zero-order chi connectivity index (χ0) is 15.7. The molecule has 1 saturated heterocycles. The second kappa shape index (κ2) is 5.68. The zero-order valence-corrected chi connectivity index (χ0v) is 13.4. The second-order valence-electron chi connectivity index (χ2n) is 5.59. The molecule has 3 heterocycles. The van der Waals surface area contributed by atoms with E-state index in [0.29, 0.717) is 11.7 Å². The Bertz CT molecular complexity index is 755. The van der Waals surface area contributed by atoms with Gasteiger partial charge >= 0.3 is 0 Å². The molecule has 118 valence electrons. The number of rotatable bonds is 3. The number of aromatic nitrogens is 3. The molecule has 0 amide bonds. The van der Waals surface area contributed by atoms with E-state index in [4.69, 9.17) is 4.52 Å². The molecule has 8 heteroatoms. The fraction of sp³-hybridized carbons (Fsp3) is 0.500. The quantitative estimate of drug-likeness (QED) is 0.847. The van der Waals surface area contributed by atoms with Gasteiger partial charge in [0.05, 0.1) is 10.8 Å². The van der Waals surface area contributed by atoms with Crippen molar-refractivity contribution in [3.8, 4) is 0 Å². The van der Waals surface area contributed by atoms with Crippen LogP contribution in [0.2, 0.25) is 0 Å². The van der Waals surface area contributed by atoms with E-state index in [9.17, 15) is 8.42 Å². The summed E-state index contributed by atoms with van der Waals surface area (Å²) in [5, 5.41) is 3.84. The average molecular weight is 322 g/mol. The highest BCUT2D eigenvalue weighted by atomic mass is 32.2. The van der Waals surface area contributed by atoms with E-state index in [1.54, 1.807) is 19.1 Å². The first-order valence-corrected chi connectivity index (χ1v) is 9.04. The molecule has 1 fully saturated rings. The first-order chi connectivity index (χ1) is 10.4. The summed E-state index contributed by atoms with van der Waals surface area (Å²) in [7, 11) is -3.22. The molecule has 0 saturated carbocycles. The largest absolute Gasteiger partial charge is 0.356 e. The minimum absolute atomic E-state index is 0.186. The third-order valence-corrected chi connectivity index (χ3v) is 4.88. The second-order valence-corrected chi connectivity index (χ2v) is 7.60. The summed E-state index contributed by atoms with van der Waals surface area (Å²) < 4.78 is 28.2. The van der Waals surface area contributed by atoms with Crippen molar-refractivity contribution in [3.05, 3.63) is 30.0 Å². The van der Waals surface area contributed by atoms with Crippen LogP contribution in [0.3, 0.4) is 0 Å². The predicted octanol–water partition coefficient (Wildman–Crippen LogP) is 1.56. The maximum Gasteiger partial charge on any atom is 0.231 e. The minimum Gasteiger partial charge on any atom is -0.356 e. The number of aryl methyl sites for hydroxylation is 1. The lowest BCUT2D eigenvalue weighted by Crippen LogP contribution is -2.35. The SMILES string of the molecule is Cc1noc(C2CCCN(c3ccc(S(C)(=O)=O)cn3)C2)n1. The smallest absolute Gasteiger partial charge is 0.231 e. The number of pyridine rings is 1.